The lowest BCUT2D eigenvalue weighted by Crippen LogP contribution is -2.42. The molecule has 9 heteroatoms. The van der Waals surface area contributed by atoms with Crippen LogP contribution in [0.15, 0.2) is 18.3 Å². The van der Waals surface area contributed by atoms with Gasteiger partial charge < -0.3 is 34.3 Å². The smallest absolute Gasteiger partial charge is 0.225 e. The van der Waals surface area contributed by atoms with Gasteiger partial charge in [-0.05, 0) is 6.07 Å². The van der Waals surface area contributed by atoms with E-state index in [-0.39, 0.29) is 30.3 Å². The van der Waals surface area contributed by atoms with E-state index in [1.54, 1.807) is 13.3 Å². The molecule has 4 rings (SSSR count). The summed E-state index contributed by atoms with van der Waals surface area (Å²) in [5.41, 5.74) is 0.945. The number of carbonyl (C=O) groups is 1. The Bertz CT molecular complexity index is 699. The molecule has 0 aromatic carbocycles. The fraction of sp³-hybridized carbons (Fsp3) is 0.700. The average molecular weight is 407 g/mol. The first-order valence-electron chi connectivity index (χ1n) is 10.2. The Morgan fingerprint density at radius 3 is 2.97 bits per heavy atom. The van der Waals surface area contributed by atoms with Gasteiger partial charge >= 0.3 is 0 Å². The van der Waals surface area contributed by atoms with Crippen molar-refractivity contribution in [3.8, 4) is 5.88 Å². The number of ether oxygens (including phenoxy) is 4. The Morgan fingerprint density at radius 2 is 2.21 bits per heavy atom. The lowest BCUT2D eigenvalue weighted by atomic mass is 10.1. The molecule has 3 fully saturated rings. The normalized spacial score (nSPS) is 31.7. The van der Waals surface area contributed by atoms with Crippen LogP contribution in [-0.4, -0.2) is 91.4 Å². The molecular weight excluding hydrogens is 378 g/mol. The van der Waals surface area contributed by atoms with Gasteiger partial charge in [0.15, 0.2) is 0 Å². The Labute approximate surface area is 170 Å². The van der Waals surface area contributed by atoms with Crippen LogP contribution in [0.3, 0.4) is 0 Å². The molecule has 3 aliphatic rings. The third-order valence-corrected chi connectivity index (χ3v) is 5.75. The third kappa shape index (κ3) is 4.70. The third-order valence-electron chi connectivity index (χ3n) is 5.75. The van der Waals surface area contributed by atoms with E-state index in [1.807, 2.05) is 17.0 Å². The number of hydrogen-bond acceptors (Lipinski definition) is 8. The predicted octanol–water partition coefficient (Wildman–Crippen LogP) is -0.285. The number of rotatable bonds is 7. The Hall–Kier alpha value is -1.78. The molecule has 0 spiro atoms. The van der Waals surface area contributed by atoms with Gasteiger partial charge in [-0.25, -0.2) is 4.98 Å². The van der Waals surface area contributed by atoms with Gasteiger partial charge in [-0.3, -0.25) is 4.79 Å². The topological polar surface area (TPSA) is 102 Å². The summed E-state index contributed by atoms with van der Waals surface area (Å²) in [6.07, 6.45) is 0.825. The van der Waals surface area contributed by atoms with Crippen molar-refractivity contribution in [3.63, 3.8) is 0 Å². The minimum absolute atomic E-state index is 0.0800. The number of nitrogens with zero attached hydrogens (tertiary/aromatic N) is 2. The summed E-state index contributed by atoms with van der Waals surface area (Å²) in [4.78, 5) is 18.4. The number of nitrogens with one attached hydrogen (secondary N) is 1. The fourth-order valence-electron chi connectivity index (χ4n) is 4.24. The van der Waals surface area contributed by atoms with Crippen LogP contribution in [-0.2, 0) is 25.5 Å². The van der Waals surface area contributed by atoms with Gasteiger partial charge in [-0.15, -0.1) is 0 Å². The molecular formula is C20H29N3O6. The number of aromatic nitrogens is 1. The van der Waals surface area contributed by atoms with E-state index in [0.29, 0.717) is 58.1 Å². The van der Waals surface area contributed by atoms with Gasteiger partial charge in [-0.2, -0.15) is 0 Å². The molecule has 3 aliphatic heterocycles. The zero-order valence-corrected chi connectivity index (χ0v) is 16.7. The molecule has 0 saturated carbocycles. The Kier molecular flexibility index (Phi) is 6.61. The first kappa shape index (κ1) is 20.5. The molecule has 3 saturated heterocycles. The Balaban J connectivity index is 1.22. The van der Waals surface area contributed by atoms with Crippen molar-refractivity contribution in [2.45, 2.75) is 49.9 Å². The number of aliphatic hydroxyl groups is 1. The quantitative estimate of drug-likeness (QED) is 0.636. The predicted molar refractivity (Wildman–Crippen MR) is 102 cm³/mol. The summed E-state index contributed by atoms with van der Waals surface area (Å²) in [6, 6.07) is 3.80. The zero-order chi connectivity index (χ0) is 20.2. The number of methoxy groups -OCH3 is 1. The number of aliphatic hydroxyl groups excluding tert-OH is 1. The molecule has 4 heterocycles. The Morgan fingerprint density at radius 1 is 1.38 bits per heavy atom. The van der Waals surface area contributed by atoms with E-state index in [4.69, 9.17) is 18.9 Å². The number of amides is 1. The molecule has 1 amide bonds. The number of hydrogen-bond donors (Lipinski definition) is 2. The van der Waals surface area contributed by atoms with Gasteiger partial charge in [0.1, 0.15) is 12.2 Å². The lowest BCUT2D eigenvalue weighted by Gasteiger charge is -2.28. The molecule has 1 aromatic rings. The first-order valence-corrected chi connectivity index (χ1v) is 10.2. The lowest BCUT2D eigenvalue weighted by molar-refractivity contribution is -0.138. The second kappa shape index (κ2) is 9.36. The molecule has 9 nitrogen and oxygen atoms in total. The van der Waals surface area contributed by atoms with E-state index in [1.165, 1.54) is 0 Å². The fourth-order valence-corrected chi connectivity index (χ4v) is 4.24. The average Bonchev–Trinajstić information content (AvgIpc) is 3.27. The summed E-state index contributed by atoms with van der Waals surface area (Å²) in [6.45, 7) is 3.50. The minimum atomic E-state index is -0.716. The van der Waals surface area contributed by atoms with Gasteiger partial charge in [-0.1, -0.05) is 6.07 Å². The summed E-state index contributed by atoms with van der Waals surface area (Å²) < 4.78 is 22.5. The van der Waals surface area contributed by atoms with Crippen molar-refractivity contribution >= 4 is 5.91 Å². The van der Waals surface area contributed by atoms with E-state index >= 15 is 0 Å². The van der Waals surface area contributed by atoms with Crippen molar-refractivity contribution in [3.05, 3.63) is 23.9 Å². The number of fused-ring (bicyclic) bond motifs is 1. The van der Waals surface area contributed by atoms with E-state index in [2.05, 4.69) is 10.3 Å². The SMILES string of the molecule is COc1ncccc1CNCC1OC2CC(CC(=O)N3CCOCC3)OC2C1O. The molecule has 0 bridgehead atoms. The van der Waals surface area contributed by atoms with Crippen molar-refractivity contribution in [1.29, 1.82) is 0 Å². The molecule has 5 unspecified atom stereocenters. The number of carbonyl (C=O) groups excluding carboxylic acids is 1. The second-order valence-electron chi connectivity index (χ2n) is 7.66. The van der Waals surface area contributed by atoms with Crippen LogP contribution < -0.4 is 10.1 Å². The second-order valence-corrected chi connectivity index (χ2v) is 7.66. The van der Waals surface area contributed by atoms with E-state index in [0.717, 1.165) is 5.56 Å². The van der Waals surface area contributed by atoms with Crippen molar-refractivity contribution in [1.82, 2.24) is 15.2 Å². The summed E-state index contributed by atoms with van der Waals surface area (Å²) in [5, 5.41) is 13.9. The summed E-state index contributed by atoms with van der Waals surface area (Å²) in [7, 11) is 1.59. The molecule has 29 heavy (non-hydrogen) atoms. The van der Waals surface area contributed by atoms with Crippen LogP contribution in [0.25, 0.3) is 0 Å². The molecule has 2 N–H and O–H groups in total. The highest BCUT2D eigenvalue weighted by atomic mass is 16.6. The van der Waals surface area contributed by atoms with Crippen LogP contribution in [0, 0.1) is 0 Å². The standard InChI is InChI=1S/C20H29N3O6/c1-26-20-13(3-2-4-22-20)11-21-12-16-18(25)19-15(29-16)9-14(28-19)10-17(24)23-5-7-27-8-6-23/h2-4,14-16,18-19,21,25H,5-12H2,1H3. The molecule has 1 aromatic heterocycles. The maximum absolute atomic E-state index is 12.4. The van der Waals surface area contributed by atoms with Crippen molar-refractivity contribution in [2.75, 3.05) is 40.0 Å². The van der Waals surface area contributed by atoms with Crippen molar-refractivity contribution < 1.29 is 28.8 Å². The maximum atomic E-state index is 12.4. The molecule has 160 valence electrons. The summed E-state index contributed by atoms with van der Waals surface area (Å²) in [5.74, 6) is 0.664. The largest absolute Gasteiger partial charge is 0.481 e. The minimum Gasteiger partial charge on any atom is -0.481 e. The summed E-state index contributed by atoms with van der Waals surface area (Å²) >= 11 is 0. The van der Waals surface area contributed by atoms with Crippen LogP contribution in [0.1, 0.15) is 18.4 Å². The monoisotopic (exact) mass is 407 g/mol. The molecule has 0 aliphatic carbocycles. The number of pyridine rings is 1. The molecule has 0 radical (unpaired) electrons. The maximum Gasteiger partial charge on any atom is 0.225 e. The van der Waals surface area contributed by atoms with Gasteiger partial charge in [0, 0.05) is 44.4 Å². The zero-order valence-electron chi connectivity index (χ0n) is 16.7. The van der Waals surface area contributed by atoms with Crippen LogP contribution in [0.4, 0.5) is 0 Å². The highest BCUT2D eigenvalue weighted by Crippen LogP contribution is 2.35. The highest BCUT2D eigenvalue weighted by molar-refractivity contribution is 5.76. The van der Waals surface area contributed by atoms with Crippen molar-refractivity contribution in [2.24, 2.45) is 0 Å². The highest BCUT2D eigenvalue weighted by Gasteiger charge is 2.50. The van der Waals surface area contributed by atoms with E-state index in [9.17, 15) is 9.90 Å². The molecule has 5 atom stereocenters. The van der Waals surface area contributed by atoms with Crippen LogP contribution >= 0.6 is 0 Å². The van der Waals surface area contributed by atoms with Crippen LogP contribution in [0.5, 0.6) is 5.88 Å². The van der Waals surface area contributed by atoms with Gasteiger partial charge in [0.25, 0.3) is 0 Å². The van der Waals surface area contributed by atoms with Gasteiger partial charge in [0.2, 0.25) is 11.8 Å². The van der Waals surface area contributed by atoms with Crippen LogP contribution in [0.2, 0.25) is 0 Å². The van der Waals surface area contributed by atoms with E-state index < -0.39 is 6.10 Å². The number of morpholine rings is 1. The first-order chi connectivity index (χ1) is 14.2. The van der Waals surface area contributed by atoms with Gasteiger partial charge in [0.05, 0.1) is 45.1 Å².